The molecular weight excluding hydrogens is 372 g/mol. The fourth-order valence-electron chi connectivity index (χ4n) is 1.74. The number of halogens is 2. The standard InChI is InChI=1S/C15H23BrN2O3.ClH/c1-4-8-21-14-12(16)9-11(10-13(14)20-3)15(19)18-7-6-17-5-2;/h9-10,17H,4-8H2,1-3H3,(H,18,19);1H. The quantitative estimate of drug-likeness (QED) is 0.631. The third-order valence-corrected chi connectivity index (χ3v) is 3.37. The van der Waals surface area contributed by atoms with Gasteiger partial charge in [-0.25, -0.2) is 0 Å². The highest BCUT2D eigenvalue weighted by Crippen LogP contribution is 2.36. The number of nitrogens with one attached hydrogen (secondary N) is 2. The first kappa shape index (κ1) is 21.0. The lowest BCUT2D eigenvalue weighted by molar-refractivity contribution is 0.0953. The maximum atomic E-state index is 12.1. The van der Waals surface area contributed by atoms with Crippen LogP contribution in [0.3, 0.4) is 0 Å². The lowest BCUT2D eigenvalue weighted by Gasteiger charge is -2.14. The Balaban J connectivity index is 0.00000441. The summed E-state index contributed by atoms with van der Waals surface area (Å²) in [6, 6.07) is 3.44. The van der Waals surface area contributed by atoms with Crippen molar-refractivity contribution in [2.45, 2.75) is 20.3 Å². The van der Waals surface area contributed by atoms with Crippen molar-refractivity contribution in [2.75, 3.05) is 33.4 Å². The van der Waals surface area contributed by atoms with Crippen LogP contribution in [-0.2, 0) is 0 Å². The van der Waals surface area contributed by atoms with Gasteiger partial charge >= 0.3 is 0 Å². The average Bonchev–Trinajstić information content (AvgIpc) is 2.49. The summed E-state index contributed by atoms with van der Waals surface area (Å²) in [5.74, 6) is 1.05. The van der Waals surface area contributed by atoms with Gasteiger partial charge in [-0.3, -0.25) is 4.79 Å². The highest BCUT2D eigenvalue weighted by atomic mass is 79.9. The molecule has 0 fully saturated rings. The topological polar surface area (TPSA) is 59.6 Å². The number of methoxy groups -OCH3 is 1. The SMILES string of the molecule is CCCOc1c(Br)cc(C(=O)NCCNCC)cc1OC.Cl. The van der Waals surface area contributed by atoms with E-state index in [0.29, 0.717) is 34.7 Å². The molecule has 2 N–H and O–H groups in total. The summed E-state index contributed by atoms with van der Waals surface area (Å²) in [6.07, 6.45) is 0.905. The molecule has 1 rings (SSSR count). The molecule has 0 radical (unpaired) electrons. The van der Waals surface area contributed by atoms with Crippen molar-refractivity contribution in [3.05, 3.63) is 22.2 Å². The molecule has 0 aliphatic heterocycles. The Morgan fingerprint density at radius 1 is 1.27 bits per heavy atom. The monoisotopic (exact) mass is 394 g/mol. The molecule has 0 saturated carbocycles. The third-order valence-electron chi connectivity index (χ3n) is 2.78. The van der Waals surface area contributed by atoms with Gasteiger partial charge < -0.3 is 20.1 Å². The Kier molecular flexibility index (Phi) is 11.1. The minimum Gasteiger partial charge on any atom is -0.493 e. The minimum absolute atomic E-state index is 0. The van der Waals surface area contributed by atoms with Crippen LogP contribution >= 0.6 is 28.3 Å². The largest absolute Gasteiger partial charge is 0.493 e. The number of likely N-dealkylation sites (N-methyl/N-ethyl adjacent to an activating group) is 1. The molecule has 0 atom stereocenters. The smallest absolute Gasteiger partial charge is 0.251 e. The fourth-order valence-corrected chi connectivity index (χ4v) is 2.29. The molecule has 0 saturated heterocycles. The minimum atomic E-state index is -0.131. The number of ether oxygens (including phenoxy) is 2. The van der Waals surface area contributed by atoms with Crippen LogP contribution in [-0.4, -0.2) is 39.3 Å². The fraction of sp³-hybridized carbons (Fsp3) is 0.533. The molecular formula is C15H24BrClN2O3. The van der Waals surface area contributed by atoms with Crippen LogP contribution in [0.1, 0.15) is 30.6 Å². The second-order valence-electron chi connectivity index (χ2n) is 4.45. The van der Waals surface area contributed by atoms with Crippen molar-refractivity contribution in [2.24, 2.45) is 0 Å². The van der Waals surface area contributed by atoms with Gasteiger partial charge in [0.05, 0.1) is 18.2 Å². The molecule has 1 aromatic rings. The zero-order valence-corrected chi connectivity index (χ0v) is 15.6. The molecule has 22 heavy (non-hydrogen) atoms. The Hall–Kier alpha value is -0.980. The van der Waals surface area contributed by atoms with Crippen LogP contribution in [0.5, 0.6) is 11.5 Å². The van der Waals surface area contributed by atoms with E-state index in [1.807, 2.05) is 13.8 Å². The molecule has 7 heteroatoms. The van der Waals surface area contributed by atoms with Gasteiger partial charge in [-0.15, -0.1) is 12.4 Å². The Labute approximate surface area is 146 Å². The summed E-state index contributed by atoms with van der Waals surface area (Å²) in [5, 5.41) is 6.01. The normalized spacial score (nSPS) is 9.82. The van der Waals surface area contributed by atoms with E-state index < -0.39 is 0 Å². The number of hydrogen-bond donors (Lipinski definition) is 2. The van der Waals surface area contributed by atoms with Gasteiger partial charge in [-0.05, 0) is 41.0 Å². The Morgan fingerprint density at radius 3 is 2.59 bits per heavy atom. The molecule has 0 bridgehead atoms. The van der Waals surface area contributed by atoms with E-state index in [4.69, 9.17) is 9.47 Å². The molecule has 0 unspecified atom stereocenters. The van der Waals surface area contributed by atoms with Crippen molar-refractivity contribution in [1.82, 2.24) is 10.6 Å². The molecule has 0 aliphatic carbocycles. The Bertz CT molecular complexity index is 472. The van der Waals surface area contributed by atoms with Gasteiger partial charge in [-0.2, -0.15) is 0 Å². The molecule has 1 amide bonds. The summed E-state index contributed by atoms with van der Waals surface area (Å²) in [4.78, 5) is 12.1. The van der Waals surface area contributed by atoms with Gasteiger partial charge in [0.1, 0.15) is 0 Å². The van der Waals surface area contributed by atoms with Gasteiger partial charge in [-0.1, -0.05) is 13.8 Å². The van der Waals surface area contributed by atoms with Crippen LogP contribution in [0.2, 0.25) is 0 Å². The summed E-state index contributed by atoms with van der Waals surface area (Å²) < 4.78 is 11.7. The predicted octanol–water partition coefficient (Wildman–Crippen LogP) is 3.01. The van der Waals surface area contributed by atoms with Crippen molar-refractivity contribution < 1.29 is 14.3 Å². The zero-order valence-electron chi connectivity index (χ0n) is 13.2. The van der Waals surface area contributed by atoms with E-state index in [9.17, 15) is 4.79 Å². The Morgan fingerprint density at radius 2 is 2.00 bits per heavy atom. The second kappa shape index (κ2) is 11.6. The maximum absolute atomic E-state index is 12.1. The first-order valence-corrected chi connectivity index (χ1v) is 7.92. The first-order valence-electron chi connectivity index (χ1n) is 7.13. The average molecular weight is 396 g/mol. The number of benzene rings is 1. The van der Waals surface area contributed by atoms with Crippen molar-refractivity contribution in [1.29, 1.82) is 0 Å². The zero-order chi connectivity index (χ0) is 15.7. The van der Waals surface area contributed by atoms with E-state index in [1.54, 1.807) is 19.2 Å². The van der Waals surface area contributed by atoms with E-state index in [2.05, 4.69) is 26.6 Å². The summed E-state index contributed by atoms with van der Waals surface area (Å²) in [7, 11) is 1.56. The highest BCUT2D eigenvalue weighted by molar-refractivity contribution is 9.10. The van der Waals surface area contributed by atoms with Crippen LogP contribution < -0.4 is 20.1 Å². The van der Waals surface area contributed by atoms with E-state index >= 15 is 0 Å². The van der Waals surface area contributed by atoms with Gasteiger partial charge in [0.25, 0.3) is 5.91 Å². The second-order valence-corrected chi connectivity index (χ2v) is 5.30. The van der Waals surface area contributed by atoms with Crippen molar-refractivity contribution in [3.63, 3.8) is 0 Å². The van der Waals surface area contributed by atoms with E-state index in [0.717, 1.165) is 19.5 Å². The third kappa shape index (κ3) is 6.42. The molecule has 1 aromatic carbocycles. The van der Waals surface area contributed by atoms with Crippen molar-refractivity contribution in [3.8, 4) is 11.5 Å². The summed E-state index contributed by atoms with van der Waals surface area (Å²) in [6.45, 7) is 6.88. The number of amides is 1. The van der Waals surface area contributed by atoms with Crippen molar-refractivity contribution >= 4 is 34.2 Å². The van der Waals surface area contributed by atoms with Crippen LogP contribution in [0.15, 0.2) is 16.6 Å². The lowest BCUT2D eigenvalue weighted by atomic mass is 10.2. The lowest BCUT2D eigenvalue weighted by Crippen LogP contribution is -2.31. The predicted molar refractivity (Wildman–Crippen MR) is 94.6 cm³/mol. The van der Waals surface area contributed by atoms with E-state index in [-0.39, 0.29) is 18.3 Å². The molecule has 5 nitrogen and oxygen atoms in total. The van der Waals surface area contributed by atoms with Crippen LogP contribution in [0.25, 0.3) is 0 Å². The van der Waals surface area contributed by atoms with E-state index in [1.165, 1.54) is 0 Å². The molecule has 0 spiro atoms. The molecule has 126 valence electrons. The first-order chi connectivity index (χ1) is 10.1. The summed E-state index contributed by atoms with van der Waals surface area (Å²) >= 11 is 3.43. The van der Waals surface area contributed by atoms with Gasteiger partial charge in [0, 0.05) is 18.7 Å². The van der Waals surface area contributed by atoms with Crippen LogP contribution in [0, 0.1) is 0 Å². The number of carbonyl (C=O) groups is 1. The molecule has 0 aliphatic rings. The number of carbonyl (C=O) groups excluding carboxylic acids is 1. The number of hydrogen-bond acceptors (Lipinski definition) is 4. The highest BCUT2D eigenvalue weighted by Gasteiger charge is 2.15. The molecule has 0 heterocycles. The van der Waals surface area contributed by atoms with Gasteiger partial charge in [0.15, 0.2) is 11.5 Å². The summed E-state index contributed by atoms with van der Waals surface area (Å²) in [5.41, 5.74) is 0.541. The van der Waals surface area contributed by atoms with Crippen LogP contribution in [0.4, 0.5) is 0 Å². The number of rotatable bonds is 9. The van der Waals surface area contributed by atoms with Gasteiger partial charge in [0.2, 0.25) is 0 Å². The molecule has 0 aromatic heterocycles. The maximum Gasteiger partial charge on any atom is 0.251 e.